The van der Waals surface area contributed by atoms with E-state index in [0.717, 1.165) is 11.1 Å². The second-order valence-corrected chi connectivity index (χ2v) is 8.49. The normalized spacial score (nSPS) is 24.5. The Morgan fingerprint density at radius 3 is 2.71 bits per heavy atom. The highest BCUT2D eigenvalue weighted by atomic mass is 32.2. The molecule has 0 aliphatic carbocycles. The Morgan fingerprint density at radius 2 is 2.04 bits per heavy atom. The third-order valence-corrected chi connectivity index (χ3v) is 6.21. The van der Waals surface area contributed by atoms with Crippen LogP contribution in [0.15, 0.2) is 30.5 Å². The van der Waals surface area contributed by atoms with Gasteiger partial charge in [-0.1, -0.05) is 24.3 Å². The smallest absolute Gasteiger partial charge is 0.223 e. The van der Waals surface area contributed by atoms with Gasteiger partial charge in [0.1, 0.15) is 0 Å². The quantitative estimate of drug-likeness (QED) is 0.891. The summed E-state index contributed by atoms with van der Waals surface area (Å²) in [5.41, 5.74) is 1.90. The van der Waals surface area contributed by atoms with Crippen molar-refractivity contribution in [1.82, 2.24) is 10.2 Å². The van der Waals surface area contributed by atoms with Crippen LogP contribution in [-0.2, 0) is 19.4 Å². The van der Waals surface area contributed by atoms with Crippen molar-refractivity contribution in [2.45, 2.75) is 31.8 Å². The van der Waals surface area contributed by atoms with E-state index >= 15 is 0 Å². The number of nitrogens with one attached hydrogen (secondary N) is 1. The Morgan fingerprint density at radius 1 is 1.29 bits per heavy atom. The number of rotatable bonds is 3. The Bertz CT molecular complexity index is 801. The van der Waals surface area contributed by atoms with Crippen LogP contribution < -0.4 is 5.32 Å². The maximum Gasteiger partial charge on any atom is 0.223 e. The lowest BCUT2D eigenvalue weighted by molar-refractivity contribution is -0.130. The molecule has 2 aliphatic heterocycles. The molecule has 3 rings (SSSR count). The molecule has 2 aliphatic rings. The van der Waals surface area contributed by atoms with E-state index in [1.807, 2.05) is 30.3 Å². The Kier molecular flexibility index (Phi) is 4.45. The van der Waals surface area contributed by atoms with Gasteiger partial charge in [0.05, 0.1) is 24.0 Å². The van der Waals surface area contributed by atoms with E-state index in [9.17, 15) is 18.0 Å². The zero-order chi connectivity index (χ0) is 17.3. The molecule has 0 saturated carbocycles. The summed E-state index contributed by atoms with van der Waals surface area (Å²) in [4.78, 5) is 25.8. The molecule has 1 aromatic rings. The molecule has 6 nitrogen and oxygen atoms in total. The molecule has 1 saturated heterocycles. The first-order valence-electron chi connectivity index (χ1n) is 7.91. The molecule has 0 unspecified atom stereocenters. The van der Waals surface area contributed by atoms with Gasteiger partial charge in [0.15, 0.2) is 9.84 Å². The highest BCUT2D eigenvalue weighted by Gasteiger charge is 2.32. The molecule has 1 aromatic carbocycles. The monoisotopic (exact) mass is 348 g/mol. The second-order valence-electron chi connectivity index (χ2n) is 6.26. The van der Waals surface area contributed by atoms with Gasteiger partial charge in [0.2, 0.25) is 11.8 Å². The van der Waals surface area contributed by atoms with E-state index in [4.69, 9.17) is 0 Å². The zero-order valence-electron chi connectivity index (χ0n) is 13.4. The Hall–Kier alpha value is -2.15. The van der Waals surface area contributed by atoms with Crippen LogP contribution in [0.5, 0.6) is 0 Å². The summed E-state index contributed by atoms with van der Waals surface area (Å²) in [5, 5.41) is 2.79. The van der Waals surface area contributed by atoms with E-state index in [1.54, 1.807) is 11.1 Å². The molecule has 1 N–H and O–H groups in total. The summed E-state index contributed by atoms with van der Waals surface area (Å²) in [6.07, 6.45) is 4.11. The van der Waals surface area contributed by atoms with Crippen molar-refractivity contribution in [1.29, 1.82) is 0 Å². The lowest BCUT2D eigenvalue weighted by Crippen LogP contribution is -2.39. The molecule has 0 aromatic heterocycles. The van der Waals surface area contributed by atoms with Gasteiger partial charge in [-0.05, 0) is 23.6 Å². The van der Waals surface area contributed by atoms with Crippen molar-refractivity contribution in [3.8, 4) is 0 Å². The average Bonchev–Trinajstić information content (AvgIpc) is 2.86. The van der Waals surface area contributed by atoms with Crippen LogP contribution in [0.25, 0.3) is 6.08 Å². The summed E-state index contributed by atoms with van der Waals surface area (Å²) >= 11 is 0. The van der Waals surface area contributed by atoms with Gasteiger partial charge in [0, 0.05) is 19.2 Å². The molecule has 2 atom stereocenters. The lowest BCUT2D eigenvalue weighted by Gasteiger charge is -2.32. The highest BCUT2D eigenvalue weighted by Crippen LogP contribution is 2.32. The average molecular weight is 348 g/mol. The number of sulfone groups is 1. The molecule has 1 fully saturated rings. The van der Waals surface area contributed by atoms with Crippen LogP contribution in [-0.4, -0.2) is 42.7 Å². The second kappa shape index (κ2) is 6.39. The summed E-state index contributed by atoms with van der Waals surface area (Å²) in [6, 6.07) is 6.94. The first-order chi connectivity index (χ1) is 11.4. The minimum Gasteiger partial charge on any atom is -0.352 e. The van der Waals surface area contributed by atoms with Crippen LogP contribution in [0.4, 0.5) is 0 Å². The van der Waals surface area contributed by atoms with Gasteiger partial charge >= 0.3 is 0 Å². The molecular formula is C17H20N2O4S. The number of nitrogens with zero attached hydrogens (tertiary/aromatic N) is 1. The molecule has 0 radical (unpaired) electrons. The number of carbonyl (C=O) groups excluding carboxylic acids is 2. The first-order valence-corrected chi connectivity index (χ1v) is 9.74. The summed E-state index contributed by atoms with van der Waals surface area (Å²) < 4.78 is 23.0. The summed E-state index contributed by atoms with van der Waals surface area (Å²) in [5.74, 6) is -0.261. The van der Waals surface area contributed by atoms with Crippen molar-refractivity contribution >= 4 is 27.7 Å². The van der Waals surface area contributed by atoms with Gasteiger partial charge in [-0.3, -0.25) is 9.59 Å². The van der Waals surface area contributed by atoms with Gasteiger partial charge in [-0.2, -0.15) is 0 Å². The van der Waals surface area contributed by atoms with Gasteiger partial charge in [-0.25, -0.2) is 8.42 Å². The Balaban J connectivity index is 1.75. The third kappa shape index (κ3) is 3.51. The standard InChI is InChI=1S/C17H20N2O4S/c1-12(20)19-8-6-13-4-2-3-5-15(13)16(19)10-17(21)18-14-7-9-24(22,23)11-14/h2-6,8,14,16H,7,9-11H2,1H3,(H,18,21)/t14-,16-/m0/s1. The SMILES string of the molecule is CC(=O)N1C=Cc2ccccc2[C@@H]1CC(=O)N[C@H]1CCS(=O)(=O)C1. The van der Waals surface area contributed by atoms with Crippen molar-refractivity contribution < 1.29 is 18.0 Å². The molecule has 0 bridgehead atoms. The lowest BCUT2D eigenvalue weighted by atomic mass is 9.93. The minimum absolute atomic E-state index is 0.00365. The van der Waals surface area contributed by atoms with Crippen molar-refractivity contribution in [3.05, 3.63) is 41.6 Å². The Labute approximate surface area is 141 Å². The predicted molar refractivity (Wildman–Crippen MR) is 90.6 cm³/mol. The zero-order valence-corrected chi connectivity index (χ0v) is 14.3. The van der Waals surface area contributed by atoms with Crippen LogP contribution in [0.3, 0.4) is 0 Å². The van der Waals surface area contributed by atoms with Crippen molar-refractivity contribution in [2.75, 3.05) is 11.5 Å². The molecule has 128 valence electrons. The van der Waals surface area contributed by atoms with E-state index in [-0.39, 0.29) is 41.8 Å². The van der Waals surface area contributed by atoms with Crippen LogP contribution >= 0.6 is 0 Å². The van der Waals surface area contributed by atoms with E-state index in [1.165, 1.54) is 6.92 Å². The number of hydrogen-bond donors (Lipinski definition) is 1. The van der Waals surface area contributed by atoms with Gasteiger partial charge in [-0.15, -0.1) is 0 Å². The maximum absolute atomic E-state index is 12.4. The van der Waals surface area contributed by atoms with E-state index < -0.39 is 9.84 Å². The third-order valence-electron chi connectivity index (χ3n) is 4.45. The fourth-order valence-corrected chi connectivity index (χ4v) is 4.96. The molecule has 2 heterocycles. The molecule has 24 heavy (non-hydrogen) atoms. The fraction of sp³-hybridized carbons (Fsp3) is 0.412. The number of hydrogen-bond acceptors (Lipinski definition) is 4. The molecular weight excluding hydrogens is 328 g/mol. The fourth-order valence-electron chi connectivity index (χ4n) is 3.28. The minimum atomic E-state index is -3.04. The van der Waals surface area contributed by atoms with Crippen LogP contribution in [0.2, 0.25) is 0 Å². The number of carbonyl (C=O) groups is 2. The van der Waals surface area contributed by atoms with E-state index in [2.05, 4.69) is 5.32 Å². The summed E-state index contributed by atoms with van der Waals surface area (Å²) in [6.45, 7) is 1.47. The maximum atomic E-state index is 12.4. The van der Waals surface area contributed by atoms with Gasteiger partial charge < -0.3 is 10.2 Å². The number of amides is 2. The molecule has 2 amide bonds. The van der Waals surface area contributed by atoms with Gasteiger partial charge in [0.25, 0.3) is 0 Å². The highest BCUT2D eigenvalue weighted by molar-refractivity contribution is 7.91. The molecule has 0 spiro atoms. The first kappa shape index (κ1) is 16.7. The van der Waals surface area contributed by atoms with Crippen LogP contribution in [0, 0.1) is 0 Å². The number of fused-ring (bicyclic) bond motifs is 1. The molecule has 7 heteroatoms. The summed E-state index contributed by atoms with van der Waals surface area (Å²) in [7, 11) is -3.04. The van der Waals surface area contributed by atoms with Crippen molar-refractivity contribution in [2.24, 2.45) is 0 Å². The van der Waals surface area contributed by atoms with Crippen molar-refractivity contribution in [3.63, 3.8) is 0 Å². The largest absolute Gasteiger partial charge is 0.352 e. The topological polar surface area (TPSA) is 83.6 Å². The van der Waals surface area contributed by atoms with E-state index in [0.29, 0.717) is 6.42 Å². The van der Waals surface area contributed by atoms with Crippen LogP contribution in [0.1, 0.15) is 36.9 Å². The predicted octanol–water partition coefficient (Wildman–Crippen LogP) is 1.25. The number of benzene rings is 1.